The minimum absolute atomic E-state index is 0.403. The van der Waals surface area contributed by atoms with Crippen LogP contribution in [-0.2, 0) is 5.41 Å². The molecule has 3 aromatic heterocycles. The van der Waals surface area contributed by atoms with Crippen LogP contribution in [0.15, 0.2) is 218 Å². The van der Waals surface area contributed by atoms with Gasteiger partial charge in [-0.15, -0.1) is 0 Å². The fraction of sp³-hybridized carbons (Fsp3) is 0.0169. The summed E-state index contributed by atoms with van der Waals surface area (Å²) in [6.07, 6.45) is 0. The van der Waals surface area contributed by atoms with Crippen molar-refractivity contribution >= 4 is 43.6 Å². The fourth-order valence-corrected chi connectivity index (χ4v) is 11.2. The smallest absolute Gasteiger partial charge is 0.235 e. The van der Waals surface area contributed by atoms with Crippen LogP contribution in [0.4, 0.5) is 0 Å². The largest absolute Gasteiger partial charge is 0.309 e. The van der Waals surface area contributed by atoms with Crippen LogP contribution >= 0.6 is 0 Å². The average Bonchev–Trinajstić information content (AvgIpc) is 4.05. The van der Waals surface area contributed by atoms with Crippen molar-refractivity contribution in [1.82, 2.24) is 19.1 Å². The van der Waals surface area contributed by atoms with Gasteiger partial charge in [-0.2, -0.15) is 0 Å². The molecule has 0 radical (unpaired) electrons. The minimum Gasteiger partial charge on any atom is -0.309 e. The second kappa shape index (κ2) is 12.8. The topological polar surface area (TPSA) is 35.6 Å². The molecule has 0 saturated carbocycles. The molecule has 3 heterocycles. The van der Waals surface area contributed by atoms with Crippen LogP contribution in [0.5, 0.6) is 0 Å². The maximum atomic E-state index is 5.56. The lowest BCUT2D eigenvalue weighted by molar-refractivity contribution is 0.794. The Hall–Kier alpha value is -8.34. The van der Waals surface area contributed by atoms with Crippen LogP contribution in [0.1, 0.15) is 22.3 Å². The Morgan fingerprint density at radius 2 is 0.778 bits per heavy atom. The minimum atomic E-state index is -0.403. The second-order valence-corrected chi connectivity index (χ2v) is 16.9. The average molecular weight is 801 g/mol. The van der Waals surface area contributed by atoms with Crippen LogP contribution in [-0.4, -0.2) is 19.1 Å². The molecule has 9 aromatic carbocycles. The van der Waals surface area contributed by atoms with E-state index < -0.39 is 5.41 Å². The summed E-state index contributed by atoms with van der Waals surface area (Å²) in [5, 5.41) is 4.77. The van der Waals surface area contributed by atoms with Crippen molar-refractivity contribution in [2.45, 2.75) is 5.41 Å². The van der Waals surface area contributed by atoms with Crippen molar-refractivity contribution in [3.05, 3.63) is 241 Å². The summed E-state index contributed by atoms with van der Waals surface area (Å²) in [6, 6.07) is 79.4. The second-order valence-electron chi connectivity index (χ2n) is 16.9. The Morgan fingerprint density at radius 3 is 1.41 bits per heavy atom. The van der Waals surface area contributed by atoms with Gasteiger partial charge in [0.05, 0.1) is 38.9 Å². The molecule has 0 amide bonds. The van der Waals surface area contributed by atoms with Crippen LogP contribution in [0.3, 0.4) is 0 Å². The van der Waals surface area contributed by atoms with Gasteiger partial charge < -0.3 is 4.57 Å². The van der Waals surface area contributed by atoms with Crippen LogP contribution in [0, 0.1) is 0 Å². The zero-order valence-electron chi connectivity index (χ0n) is 34.1. The molecular formula is C59H36N4. The lowest BCUT2D eigenvalue weighted by Crippen LogP contribution is -2.25. The van der Waals surface area contributed by atoms with Gasteiger partial charge in [0.15, 0.2) is 0 Å². The molecule has 0 saturated heterocycles. The third kappa shape index (κ3) is 4.64. The summed E-state index contributed by atoms with van der Waals surface area (Å²) >= 11 is 0. The van der Waals surface area contributed by atoms with Crippen molar-refractivity contribution in [1.29, 1.82) is 0 Å². The molecule has 0 atom stereocenters. The van der Waals surface area contributed by atoms with Crippen LogP contribution in [0.25, 0.3) is 100 Å². The molecule has 63 heavy (non-hydrogen) atoms. The zero-order chi connectivity index (χ0) is 41.2. The van der Waals surface area contributed by atoms with E-state index in [9.17, 15) is 0 Å². The normalized spacial score (nSPS) is 13.2. The van der Waals surface area contributed by atoms with Crippen molar-refractivity contribution in [3.63, 3.8) is 0 Å². The number of rotatable bonds is 4. The molecule has 0 bridgehead atoms. The number of hydrogen-bond donors (Lipinski definition) is 0. The predicted molar refractivity (Wildman–Crippen MR) is 258 cm³/mol. The van der Waals surface area contributed by atoms with Crippen molar-refractivity contribution in [2.75, 3.05) is 0 Å². The number of aromatic nitrogens is 4. The highest BCUT2D eigenvalue weighted by Crippen LogP contribution is 2.63. The predicted octanol–water partition coefficient (Wildman–Crippen LogP) is 14.3. The molecular weight excluding hydrogens is 765 g/mol. The Labute approximate surface area is 363 Å². The highest BCUT2D eigenvalue weighted by atomic mass is 15.2. The number of para-hydroxylation sites is 3. The highest BCUT2D eigenvalue weighted by molar-refractivity contribution is 6.19. The summed E-state index contributed by atoms with van der Waals surface area (Å²) in [4.78, 5) is 11.0. The lowest BCUT2D eigenvalue weighted by Gasteiger charge is -2.30. The molecule has 292 valence electrons. The van der Waals surface area contributed by atoms with E-state index in [4.69, 9.17) is 9.97 Å². The third-order valence-electron chi connectivity index (χ3n) is 13.8. The van der Waals surface area contributed by atoms with Gasteiger partial charge in [0.1, 0.15) is 0 Å². The summed E-state index contributed by atoms with van der Waals surface area (Å²) in [7, 11) is 0. The zero-order valence-corrected chi connectivity index (χ0v) is 34.1. The van der Waals surface area contributed by atoms with Gasteiger partial charge in [-0.25, -0.2) is 9.97 Å². The fourth-order valence-electron chi connectivity index (χ4n) is 11.2. The molecule has 1 spiro atoms. The molecule has 0 N–H and O–H groups in total. The summed E-state index contributed by atoms with van der Waals surface area (Å²) in [5.74, 6) is 0.635. The van der Waals surface area contributed by atoms with Crippen molar-refractivity contribution in [2.24, 2.45) is 0 Å². The maximum Gasteiger partial charge on any atom is 0.235 e. The van der Waals surface area contributed by atoms with Gasteiger partial charge in [-0.05, 0) is 93.0 Å². The van der Waals surface area contributed by atoms with Gasteiger partial charge >= 0.3 is 0 Å². The monoisotopic (exact) mass is 800 g/mol. The lowest BCUT2D eigenvalue weighted by atomic mass is 9.70. The van der Waals surface area contributed by atoms with Gasteiger partial charge in [0, 0.05) is 38.4 Å². The molecule has 0 fully saturated rings. The molecule has 4 heteroatoms. The number of fused-ring (bicyclic) bond motifs is 16. The van der Waals surface area contributed by atoms with Gasteiger partial charge in [-0.3, -0.25) is 4.57 Å². The third-order valence-corrected chi connectivity index (χ3v) is 13.8. The molecule has 0 aliphatic heterocycles. The van der Waals surface area contributed by atoms with E-state index in [1.54, 1.807) is 0 Å². The molecule has 2 aliphatic carbocycles. The Bertz CT molecular complexity index is 3810. The van der Waals surface area contributed by atoms with Gasteiger partial charge in [-0.1, -0.05) is 170 Å². The van der Waals surface area contributed by atoms with E-state index in [1.165, 1.54) is 66.2 Å². The number of nitrogens with zero attached hydrogens (tertiary/aromatic N) is 4. The Kier molecular flexibility index (Phi) is 7.01. The van der Waals surface area contributed by atoms with E-state index in [-0.39, 0.29) is 0 Å². The van der Waals surface area contributed by atoms with E-state index in [1.807, 2.05) is 0 Å². The summed E-state index contributed by atoms with van der Waals surface area (Å²) < 4.78 is 4.66. The molecule has 4 nitrogen and oxygen atoms in total. The Morgan fingerprint density at radius 1 is 0.302 bits per heavy atom. The number of benzene rings is 9. The van der Waals surface area contributed by atoms with Crippen LogP contribution < -0.4 is 0 Å². The summed E-state index contributed by atoms with van der Waals surface area (Å²) in [5.41, 5.74) is 19.4. The first-order valence-electron chi connectivity index (χ1n) is 21.7. The van der Waals surface area contributed by atoms with E-state index in [0.717, 1.165) is 50.1 Å². The highest BCUT2D eigenvalue weighted by Gasteiger charge is 2.51. The van der Waals surface area contributed by atoms with Crippen molar-refractivity contribution in [3.8, 4) is 56.4 Å². The van der Waals surface area contributed by atoms with E-state index >= 15 is 0 Å². The molecule has 2 aliphatic rings. The van der Waals surface area contributed by atoms with E-state index in [0.29, 0.717) is 5.95 Å². The quantitative estimate of drug-likeness (QED) is 0.178. The first-order valence-corrected chi connectivity index (χ1v) is 21.7. The standard InChI is InChI=1S/C59H36N4/c1-3-17-37(18-4-1)52-35-53(38-31-32-51-45(33-38)42-23-9-14-28-50(42)59(51)48-26-12-7-21-40(48)41-22-8-13-27-49(41)59)61-58(60-52)63-55-30-16-11-25-44(55)47-34-46-43-24-10-15-29-54(43)62(56(46)36-57(47)63)39-19-5-2-6-20-39/h1-36H. The summed E-state index contributed by atoms with van der Waals surface area (Å²) in [6.45, 7) is 0. The number of hydrogen-bond acceptors (Lipinski definition) is 2. The molecule has 0 unspecified atom stereocenters. The first-order chi connectivity index (χ1) is 31.3. The Balaban J connectivity index is 1.03. The van der Waals surface area contributed by atoms with Gasteiger partial charge in [0.25, 0.3) is 0 Å². The van der Waals surface area contributed by atoms with E-state index in [2.05, 4.69) is 228 Å². The SMILES string of the molecule is c1ccc(-c2cc(-c3ccc4c(c3)-c3ccccc3C43c4ccccc4-c4ccccc43)nc(-n3c4ccccc4c4cc5c6ccccc6n(-c6ccccc6)c5cc43)n2)cc1. The van der Waals surface area contributed by atoms with Gasteiger partial charge in [0.2, 0.25) is 5.95 Å². The van der Waals surface area contributed by atoms with Crippen molar-refractivity contribution < 1.29 is 0 Å². The maximum absolute atomic E-state index is 5.56. The molecule has 14 rings (SSSR count). The molecule has 12 aromatic rings. The van der Waals surface area contributed by atoms with Crippen LogP contribution in [0.2, 0.25) is 0 Å². The first kappa shape index (κ1) is 34.4.